The summed E-state index contributed by atoms with van der Waals surface area (Å²) in [5, 5.41) is 3.45. The van der Waals surface area contributed by atoms with Crippen LogP contribution in [0.3, 0.4) is 0 Å². The largest absolute Gasteiger partial charge is 0.310 e. The van der Waals surface area contributed by atoms with Crippen LogP contribution in [0.4, 0.5) is 0 Å². The van der Waals surface area contributed by atoms with E-state index in [0.29, 0.717) is 6.04 Å². The predicted molar refractivity (Wildman–Crippen MR) is 65.2 cm³/mol. The Morgan fingerprint density at radius 3 is 2.93 bits per heavy atom. The molecule has 0 fully saturated rings. The van der Waals surface area contributed by atoms with E-state index in [1.165, 1.54) is 4.88 Å². The fourth-order valence-corrected chi connectivity index (χ4v) is 2.56. The minimum absolute atomic E-state index is 0.426. The molecule has 1 unspecified atom stereocenters. The van der Waals surface area contributed by atoms with E-state index in [1.54, 1.807) is 11.3 Å². The van der Waals surface area contributed by atoms with Gasteiger partial charge in [-0.15, -0.1) is 17.9 Å². The molecule has 0 aliphatic heterocycles. The summed E-state index contributed by atoms with van der Waals surface area (Å²) in [6.07, 6.45) is 4.08. The fourth-order valence-electron chi connectivity index (χ4n) is 1.39. The van der Waals surface area contributed by atoms with Crippen LogP contribution in [0.25, 0.3) is 0 Å². The highest BCUT2D eigenvalue weighted by Crippen LogP contribution is 2.29. The molecule has 1 heterocycles. The minimum atomic E-state index is 0.426. The molecule has 1 atom stereocenters. The Bertz CT molecular complexity index is 283. The third kappa shape index (κ3) is 3.45. The van der Waals surface area contributed by atoms with Crippen LogP contribution in [0.15, 0.2) is 24.8 Å². The molecule has 1 nitrogen and oxygen atoms in total. The maximum Gasteiger partial charge on any atom is 0.0931 e. The zero-order chi connectivity index (χ0) is 10.4. The highest BCUT2D eigenvalue weighted by molar-refractivity contribution is 7.16. The average Bonchev–Trinajstić information content (AvgIpc) is 2.59. The van der Waals surface area contributed by atoms with Gasteiger partial charge in [0.15, 0.2) is 0 Å². The zero-order valence-corrected chi connectivity index (χ0v) is 10.00. The van der Waals surface area contributed by atoms with Crippen molar-refractivity contribution in [2.75, 3.05) is 6.54 Å². The highest BCUT2D eigenvalue weighted by Gasteiger charge is 2.11. The van der Waals surface area contributed by atoms with Gasteiger partial charge in [0.05, 0.1) is 4.34 Å². The molecule has 0 saturated carbocycles. The molecule has 0 bridgehead atoms. The first-order valence-electron chi connectivity index (χ1n) is 4.87. The highest BCUT2D eigenvalue weighted by atomic mass is 35.5. The lowest BCUT2D eigenvalue weighted by atomic mass is 10.1. The summed E-state index contributed by atoms with van der Waals surface area (Å²) in [6, 6.07) is 4.49. The smallest absolute Gasteiger partial charge is 0.0931 e. The van der Waals surface area contributed by atoms with Crippen molar-refractivity contribution in [3.63, 3.8) is 0 Å². The Hall–Kier alpha value is -0.310. The summed E-state index contributed by atoms with van der Waals surface area (Å²) in [6.45, 7) is 6.85. The lowest BCUT2D eigenvalue weighted by Crippen LogP contribution is -2.19. The molecule has 1 aromatic rings. The van der Waals surface area contributed by atoms with Crippen molar-refractivity contribution in [2.24, 2.45) is 0 Å². The third-order valence-electron chi connectivity index (χ3n) is 2.05. The second kappa shape index (κ2) is 6.23. The van der Waals surface area contributed by atoms with Crippen molar-refractivity contribution in [2.45, 2.75) is 25.8 Å². The van der Waals surface area contributed by atoms with Gasteiger partial charge in [-0.05, 0) is 31.5 Å². The molecule has 0 aromatic carbocycles. The van der Waals surface area contributed by atoms with Crippen LogP contribution in [-0.2, 0) is 0 Å². The molecule has 1 rings (SSSR count). The van der Waals surface area contributed by atoms with Gasteiger partial charge in [0.2, 0.25) is 0 Å². The van der Waals surface area contributed by atoms with Crippen molar-refractivity contribution >= 4 is 22.9 Å². The number of thiophene rings is 1. The topological polar surface area (TPSA) is 12.0 Å². The van der Waals surface area contributed by atoms with Crippen LogP contribution in [-0.4, -0.2) is 6.54 Å². The lowest BCUT2D eigenvalue weighted by Gasteiger charge is -2.14. The molecular weight excluding hydrogens is 214 g/mol. The standard InChI is InChI=1S/C11H16ClNS/c1-3-5-6-9(13-4-2)10-7-8-11(12)14-10/h3,7-9,13H,1,4-6H2,2H3. The van der Waals surface area contributed by atoms with E-state index >= 15 is 0 Å². The number of allylic oxidation sites excluding steroid dienone is 1. The molecule has 3 heteroatoms. The van der Waals surface area contributed by atoms with Crippen molar-refractivity contribution in [3.8, 4) is 0 Å². The van der Waals surface area contributed by atoms with Crippen LogP contribution in [0.5, 0.6) is 0 Å². The Labute approximate surface area is 94.8 Å². The number of hydrogen-bond acceptors (Lipinski definition) is 2. The van der Waals surface area contributed by atoms with Crippen LogP contribution >= 0.6 is 22.9 Å². The first-order valence-corrected chi connectivity index (χ1v) is 6.07. The molecule has 78 valence electrons. The van der Waals surface area contributed by atoms with Crippen molar-refractivity contribution < 1.29 is 0 Å². The molecule has 1 aromatic heterocycles. The fraction of sp³-hybridized carbons (Fsp3) is 0.455. The number of nitrogens with one attached hydrogen (secondary N) is 1. The van der Waals surface area contributed by atoms with E-state index in [9.17, 15) is 0 Å². The van der Waals surface area contributed by atoms with Gasteiger partial charge in [-0.3, -0.25) is 0 Å². The maximum absolute atomic E-state index is 5.91. The Kier molecular flexibility index (Phi) is 5.23. The van der Waals surface area contributed by atoms with E-state index in [-0.39, 0.29) is 0 Å². The minimum Gasteiger partial charge on any atom is -0.310 e. The van der Waals surface area contributed by atoms with E-state index in [1.807, 2.05) is 12.1 Å². The number of halogens is 1. The molecule has 0 aliphatic rings. The van der Waals surface area contributed by atoms with E-state index < -0.39 is 0 Å². The van der Waals surface area contributed by atoms with Gasteiger partial charge in [0.1, 0.15) is 0 Å². The predicted octanol–water partition coefficient (Wildman–Crippen LogP) is 4.02. The first-order chi connectivity index (χ1) is 6.77. The number of hydrogen-bond donors (Lipinski definition) is 1. The summed E-state index contributed by atoms with van der Waals surface area (Å²) in [4.78, 5) is 1.32. The summed E-state index contributed by atoms with van der Waals surface area (Å²) in [5.41, 5.74) is 0. The summed E-state index contributed by atoms with van der Waals surface area (Å²) >= 11 is 7.56. The van der Waals surface area contributed by atoms with Gasteiger partial charge in [-0.1, -0.05) is 24.6 Å². The third-order valence-corrected chi connectivity index (χ3v) is 3.39. The van der Waals surface area contributed by atoms with E-state index in [4.69, 9.17) is 11.6 Å². The molecular formula is C11H16ClNS. The molecule has 0 radical (unpaired) electrons. The number of rotatable bonds is 6. The van der Waals surface area contributed by atoms with Gasteiger partial charge < -0.3 is 5.32 Å². The van der Waals surface area contributed by atoms with Crippen LogP contribution in [0.1, 0.15) is 30.7 Å². The Morgan fingerprint density at radius 1 is 1.64 bits per heavy atom. The molecule has 0 amide bonds. The molecule has 1 N–H and O–H groups in total. The van der Waals surface area contributed by atoms with Crippen molar-refractivity contribution in [1.29, 1.82) is 0 Å². The normalized spacial score (nSPS) is 12.7. The molecule has 0 saturated heterocycles. The van der Waals surface area contributed by atoms with Gasteiger partial charge in [-0.25, -0.2) is 0 Å². The molecule has 14 heavy (non-hydrogen) atoms. The van der Waals surface area contributed by atoms with Crippen LogP contribution < -0.4 is 5.32 Å². The van der Waals surface area contributed by atoms with Gasteiger partial charge in [-0.2, -0.15) is 0 Å². The van der Waals surface area contributed by atoms with Gasteiger partial charge >= 0.3 is 0 Å². The second-order valence-corrected chi connectivity index (χ2v) is 4.86. The first kappa shape index (κ1) is 11.8. The van der Waals surface area contributed by atoms with E-state index in [2.05, 4.69) is 24.9 Å². The quantitative estimate of drug-likeness (QED) is 0.727. The van der Waals surface area contributed by atoms with Gasteiger partial charge in [0.25, 0.3) is 0 Å². The lowest BCUT2D eigenvalue weighted by molar-refractivity contribution is 0.527. The van der Waals surface area contributed by atoms with Crippen molar-refractivity contribution in [1.82, 2.24) is 5.32 Å². The average molecular weight is 230 g/mol. The Morgan fingerprint density at radius 2 is 2.43 bits per heavy atom. The van der Waals surface area contributed by atoms with E-state index in [0.717, 1.165) is 23.7 Å². The summed E-state index contributed by atoms with van der Waals surface area (Å²) < 4.78 is 0.863. The van der Waals surface area contributed by atoms with Crippen LogP contribution in [0.2, 0.25) is 4.34 Å². The SMILES string of the molecule is C=CCCC(NCC)c1ccc(Cl)s1. The molecule has 0 spiro atoms. The van der Waals surface area contributed by atoms with Gasteiger partial charge in [0, 0.05) is 10.9 Å². The zero-order valence-electron chi connectivity index (χ0n) is 8.42. The Balaban J connectivity index is 2.61. The van der Waals surface area contributed by atoms with Crippen molar-refractivity contribution in [3.05, 3.63) is 34.0 Å². The summed E-state index contributed by atoms with van der Waals surface area (Å²) in [7, 11) is 0. The maximum atomic E-state index is 5.91. The molecule has 0 aliphatic carbocycles. The summed E-state index contributed by atoms with van der Waals surface area (Å²) in [5.74, 6) is 0. The monoisotopic (exact) mass is 229 g/mol. The van der Waals surface area contributed by atoms with Crippen LogP contribution in [0, 0.1) is 0 Å². The second-order valence-electron chi connectivity index (χ2n) is 3.12.